The van der Waals surface area contributed by atoms with Gasteiger partial charge in [-0.3, -0.25) is 67.5 Å². The number of unbranched alkanes of at least 4 members (excludes halogenated alkanes) is 1. The number of rotatable bonds is 45. The topological polar surface area (TPSA) is 616 Å². The lowest BCUT2D eigenvalue weighted by Gasteiger charge is -2.25. The van der Waals surface area contributed by atoms with E-state index >= 15 is 0 Å². The fourth-order valence-electron chi connectivity index (χ4n) is 8.00. The number of guanidine groups is 2. The van der Waals surface area contributed by atoms with Crippen molar-refractivity contribution in [3.63, 3.8) is 0 Å². The van der Waals surface area contributed by atoms with E-state index in [1.807, 2.05) is 0 Å². The number of amides is 11. The largest absolute Gasteiger partial charge is 0.481 e. The Kier molecular flexibility index (Phi) is 38.9. The lowest BCUT2D eigenvalue weighted by atomic mass is 9.99. The van der Waals surface area contributed by atoms with E-state index in [1.54, 1.807) is 44.2 Å². The van der Waals surface area contributed by atoms with Gasteiger partial charge in [0, 0.05) is 31.0 Å². The van der Waals surface area contributed by atoms with E-state index < -0.39 is 176 Å². The Morgan fingerprint density at radius 1 is 0.495 bits per heavy atom. The van der Waals surface area contributed by atoms with Crippen LogP contribution in [0.2, 0.25) is 0 Å². The number of benzene rings is 1. The second kappa shape index (κ2) is 44.0. The van der Waals surface area contributed by atoms with Crippen molar-refractivity contribution in [3.8, 4) is 0 Å². The molecule has 0 aliphatic carbocycles. The third-order valence-electron chi connectivity index (χ3n) is 13.4. The van der Waals surface area contributed by atoms with Gasteiger partial charge < -0.3 is 113 Å². The number of aliphatic hydroxyl groups is 2. The molecule has 0 heterocycles. The summed E-state index contributed by atoms with van der Waals surface area (Å²) in [4.78, 5) is 179. The summed E-state index contributed by atoms with van der Waals surface area (Å²) in [5.41, 5.74) is 33.5. The summed E-state index contributed by atoms with van der Waals surface area (Å²) < 4.78 is 0. The van der Waals surface area contributed by atoms with Gasteiger partial charge in [-0.15, -0.1) is 0 Å². The number of hydrogen-bond acceptors (Lipinski definition) is 21. The molecule has 91 heavy (non-hydrogen) atoms. The lowest BCUT2D eigenvalue weighted by molar-refractivity contribution is -0.142. The molecule has 0 unspecified atom stereocenters. The number of nitrogens with one attached hydrogen (secondary N) is 11. The summed E-state index contributed by atoms with van der Waals surface area (Å²) in [6.07, 6.45) is 0.132. The number of aliphatic carboxylic acids is 2. The molecule has 0 saturated carbocycles. The van der Waals surface area contributed by atoms with Gasteiger partial charge in [-0.1, -0.05) is 50.6 Å². The summed E-state index contributed by atoms with van der Waals surface area (Å²) in [6.45, 7) is -0.103. The maximum Gasteiger partial charge on any atom is 0.326 e. The Balaban J connectivity index is 3.17. The van der Waals surface area contributed by atoms with Crippen molar-refractivity contribution in [2.24, 2.45) is 50.3 Å². The number of nitrogens with two attached hydrogens (primary N) is 6. The third kappa shape index (κ3) is 32.1. The van der Waals surface area contributed by atoms with E-state index in [9.17, 15) is 82.8 Å². The lowest BCUT2D eigenvalue weighted by Crippen LogP contribution is -2.60. The van der Waals surface area contributed by atoms with Gasteiger partial charge in [0.05, 0.1) is 38.8 Å². The first-order valence-electron chi connectivity index (χ1n) is 28.8. The number of thiol groups is 2. The van der Waals surface area contributed by atoms with Crippen molar-refractivity contribution in [2.75, 3.05) is 57.4 Å². The number of carboxylic acids is 2. The fraction of sp³-hybridized carbons (Fsp3) is 0.604. The molecular formula is C53H89N19O17S2. The van der Waals surface area contributed by atoms with E-state index in [4.69, 9.17) is 34.4 Å². The summed E-state index contributed by atoms with van der Waals surface area (Å²) in [6, 6.07) is -7.09. The van der Waals surface area contributed by atoms with Crippen LogP contribution in [-0.4, -0.2) is 227 Å². The maximum atomic E-state index is 13.7. The first kappa shape index (κ1) is 80.4. The second-order valence-electron chi connectivity index (χ2n) is 20.6. The highest BCUT2D eigenvalue weighted by Crippen LogP contribution is 2.10. The number of aliphatic imine (C=N–C) groups is 2. The number of hydrogen-bond donors (Lipinski definition) is 23. The van der Waals surface area contributed by atoms with Gasteiger partial charge in [0.25, 0.3) is 0 Å². The van der Waals surface area contributed by atoms with Crippen molar-refractivity contribution >= 4 is 114 Å². The Morgan fingerprint density at radius 2 is 0.879 bits per heavy atom. The van der Waals surface area contributed by atoms with E-state index in [0.29, 0.717) is 24.8 Å². The first-order chi connectivity index (χ1) is 43.0. The summed E-state index contributed by atoms with van der Waals surface area (Å²) in [5.74, 6) is -15.6. The molecule has 0 bridgehead atoms. The molecule has 0 aliphatic rings. The molecule has 38 heteroatoms. The van der Waals surface area contributed by atoms with Crippen molar-refractivity contribution in [3.05, 3.63) is 35.9 Å². The zero-order valence-electron chi connectivity index (χ0n) is 50.5. The molecule has 510 valence electrons. The van der Waals surface area contributed by atoms with Crippen LogP contribution < -0.4 is 92.9 Å². The smallest absolute Gasteiger partial charge is 0.326 e. The Morgan fingerprint density at radius 3 is 1.35 bits per heavy atom. The van der Waals surface area contributed by atoms with Gasteiger partial charge in [-0.2, -0.15) is 25.3 Å². The molecule has 11 atom stereocenters. The standard InChI is InChI=1S/C53H89N19O17S2/c1-3-27(2)41(55)50(87)72-37(26-91)49(86)69-33(20-40(77)78)45(82)68-32(19-28-11-5-4-6-12-28)43(80)63-22-39(76)65-34(23-73)46(83)70-35(24-74)47(84)71-36(25-90)48(85)66-29(14-9-17-60-52(56)57)42(79)62-21-38(75)64-30(13-7-8-16-54)44(81)67-31(51(88)89)15-10-18-61-53(58)59/h4-6,11-12,27,29-37,41,73-74,90-91H,3,7-10,13-26,54-55H2,1-2H3,(H,62,79)(H,63,80)(H,64,75)(H,65,76)(H,66,85)(H,67,81)(H,68,82)(H,69,86)(H,70,83)(H,71,84)(H,72,87)(H,77,78)(H,88,89)(H4,56,57,60)(H4,58,59,61)/t27-,29-,30-,31-,32-,33-,34-,35-,36-,37-,41-/m0/s1. The molecule has 0 spiro atoms. The number of nitrogens with zero attached hydrogens (tertiary/aromatic N) is 2. The molecule has 27 N–H and O–H groups in total. The van der Waals surface area contributed by atoms with Gasteiger partial charge >= 0.3 is 11.9 Å². The van der Waals surface area contributed by atoms with Crippen LogP contribution in [-0.2, 0) is 68.7 Å². The molecule has 36 nitrogen and oxygen atoms in total. The van der Waals surface area contributed by atoms with Crippen molar-refractivity contribution < 1.29 is 82.8 Å². The zero-order valence-corrected chi connectivity index (χ0v) is 52.3. The van der Waals surface area contributed by atoms with Gasteiger partial charge in [-0.05, 0) is 63.0 Å². The highest BCUT2D eigenvalue weighted by atomic mass is 32.1. The average Bonchev–Trinajstić information content (AvgIpc) is 2.00. The van der Waals surface area contributed by atoms with Gasteiger partial charge in [0.15, 0.2) is 11.9 Å². The molecular weight excluding hydrogens is 1240 g/mol. The quantitative estimate of drug-likeness (QED) is 0.0125. The monoisotopic (exact) mass is 1330 g/mol. The highest BCUT2D eigenvalue weighted by molar-refractivity contribution is 7.80. The minimum atomic E-state index is -1.87. The minimum Gasteiger partial charge on any atom is -0.481 e. The number of carbonyl (C=O) groups is 13. The number of carboxylic acid groups (broad SMARTS) is 2. The molecule has 1 rings (SSSR count). The number of aliphatic hydroxyl groups excluding tert-OH is 2. The van der Waals surface area contributed by atoms with Crippen LogP contribution in [0.25, 0.3) is 0 Å². The Hall–Kier alpha value is -8.59. The van der Waals surface area contributed by atoms with Crippen LogP contribution in [0.1, 0.15) is 77.2 Å². The summed E-state index contributed by atoms with van der Waals surface area (Å²) in [7, 11) is 0. The molecule has 1 aromatic carbocycles. The summed E-state index contributed by atoms with van der Waals surface area (Å²) >= 11 is 8.23. The Labute approximate surface area is 535 Å². The second-order valence-corrected chi connectivity index (χ2v) is 21.3. The summed E-state index contributed by atoms with van der Waals surface area (Å²) in [5, 5.41) is 65.1. The van der Waals surface area contributed by atoms with Crippen LogP contribution in [0.4, 0.5) is 0 Å². The van der Waals surface area contributed by atoms with E-state index in [0.717, 1.165) is 0 Å². The van der Waals surface area contributed by atoms with Gasteiger partial charge in [-0.25, -0.2) is 4.79 Å². The fourth-order valence-corrected chi connectivity index (χ4v) is 8.51. The van der Waals surface area contributed by atoms with Crippen LogP contribution in [0.3, 0.4) is 0 Å². The van der Waals surface area contributed by atoms with Gasteiger partial charge in [0.1, 0.15) is 54.4 Å². The van der Waals surface area contributed by atoms with Gasteiger partial charge in [0.2, 0.25) is 65.0 Å². The third-order valence-corrected chi connectivity index (χ3v) is 14.1. The maximum absolute atomic E-state index is 13.7. The zero-order chi connectivity index (χ0) is 68.8. The van der Waals surface area contributed by atoms with Crippen molar-refractivity contribution in [1.29, 1.82) is 0 Å². The molecule has 0 radical (unpaired) electrons. The van der Waals surface area contributed by atoms with E-state index in [2.05, 4.69) is 93.7 Å². The SMILES string of the molecule is CC[C@H](C)[C@H](N)C(=O)N[C@@H](CS)C(=O)N[C@@H](CC(=O)O)C(=O)N[C@@H](Cc1ccccc1)C(=O)NCC(=O)N[C@@H](CO)C(=O)N[C@@H](CO)C(=O)N[C@@H](CS)C(=O)N[C@@H](CCCN=C(N)N)C(=O)NCC(=O)N[C@@H](CCCCN)C(=O)N[C@@H](CCCN=C(N)N)C(=O)O. The molecule has 11 amide bonds. The van der Waals surface area contributed by atoms with Crippen LogP contribution in [0.15, 0.2) is 40.3 Å². The van der Waals surface area contributed by atoms with E-state index in [1.165, 1.54) is 0 Å². The highest BCUT2D eigenvalue weighted by Gasteiger charge is 2.35. The molecule has 0 aromatic heterocycles. The Bertz CT molecular complexity index is 2660. The van der Waals surface area contributed by atoms with Crippen molar-refractivity contribution in [1.82, 2.24) is 58.5 Å². The van der Waals surface area contributed by atoms with Crippen LogP contribution in [0, 0.1) is 5.92 Å². The normalized spacial score (nSPS) is 14.5. The average molecular weight is 1330 g/mol. The van der Waals surface area contributed by atoms with Crippen molar-refractivity contribution in [2.45, 2.75) is 138 Å². The van der Waals surface area contributed by atoms with Crippen LogP contribution in [0.5, 0.6) is 0 Å². The van der Waals surface area contributed by atoms with E-state index in [-0.39, 0.29) is 81.7 Å². The minimum absolute atomic E-state index is 0.0284. The molecule has 1 aromatic rings. The predicted octanol–water partition coefficient (Wildman–Crippen LogP) is -9.16. The molecule has 0 fully saturated rings. The van der Waals surface area contributed by atoms with Crippen LogP contribution >= 0.6 is 25.3 Å². The first-order valence-corrected chi connectivity index (χ1v) is 30.1. The predicted molar refractivity (Wildman–Crippen MR) is 335 cm³/mol. The molecule has 0 aliphatic heterocycles. The molecule has 0 saturated heterocycles. The number of carbonyl (C=O) groups excluding carboxylic acids is 11.